The minimum absolute atomic E-state index is 0.0921. The van der Waals surface area contributed by atoms with Gasteiger partial charge in [0.1, 0.15) is 5.82 Å². The second-order valence-electron chi connectivity index (χ2n) is 5.08. The average Bonchev–Trinajstić information content (AvgIpc) is 2.81. The Morgan fingerprint density at radius 3 is 2.71 bits per heavy atom. The van der Waals surface area contributed by atoms with Gasteiger partial charge in [-0.3, -0.25) is 4.68 Å². The fourth-order valence-electron chi connectivity index (χ4n) is 2.53. The van der Waals surface area contributed by atoms with Crippen LogP contribution in [0.2, 0.25) is 5.02 Å². The maximum absolute atomic E-state index is 13.3. The van der Waals surface area contributed by atoms with Gasteiger partial charge >= 0.3 is 0 Å². The van der Waals surface area contributed by atoms with E-state index in [4.69, 9.17) is 11.6 Å². The number of hydrogen-bond donors (Lipinski definition) is 1. The topological polar surface area (TPSA) is 29.9 Å². The Morgan fingerprint density at radius 1 is 1.33 bits per heavy atom. The predicted molar refractivity (Wildman–Crippen MR) is 84.2 cm³/mol. The number of aryl methyl sites for hydroxylation is 2. The summed E-state index contributed by atoms with van der Waals surface area (Å²) in [5, 5.41) is 8.07. The molecule has 3 nitrogen and oxygen atoms in total. The largest absolute Gasteiger partial charge is 0.310 e. The van der Waals surface area contributed by atoms with E-state index in [0.29, 0.717) is 0 Å². The zero-order valence-electron chi connectivity index (χ0n) is 12.7. The smallest absolute Gasteiger partial charge is 0.141 e. The van der Waals surface area contributed by atoms with Crippen LogP contribution >= 0.6 is 11.6 Å². The van der Waals surface area contributed by atoms with E-state index in [9.17, 15) is 4.39 Å². The molecule has 1 aromatic carbocycles. The lowest BCUT2D eigenvalue weighted by atomic mass is 10.0. The first-order valence-corrected chi connectivity index (χ1v) is 7.64. The molecule has 0 saturated heterocycles. The maximum atomic E-state index is 13.3. The van der Waals surface area contributed by atoms with Gasteiger partial charge in [-0.2, -0.15) is 5.10 Å². The molecule has 2 rings (SSSR count). The Labute approximate surface area is 130 Å². The fraction of sp³-hybridized carbons (Fsp3) is 0.438. The van der Waals surface area contributed by atoms with Crippen LogP contribution in [0.3, 0.4) is 0 Å². The van der Waals surface area contributed by atoms with Crippen LogP contribution in [0.15, 0.2) is 24.3 Å². The van der Waals surface area contributed by atoms with Gasteiger partial charge in [-0.15, -0.1) is 0 Å². The summed E-state index contributed by atoms with van der Waals surface area (Å²) in [6.07, 6.45) is 0.796. The zero-order valence-corrected chi connectivity index (χ0v) is 13.4. The average molecular weight is 310 g/mol. The van der Waals surface area contributed by atoms with Gasteiger partial charge in [0.15, 0.2) is 0 Å². The van der Waals surface area contributed by atoms with E-state index in [0.717, 1.165) is 30.8 Å². The number of hydrogen-bond acceptors (Lipinski definition) is 2. The first-order valence-electron chi connectivity index (χ1n) is 7.26. The van der Waals surface area contributed by atoms with Crippen molar-refractivity contribution in [2.75, 3.05) is 6.54 Å². The van der Waals surface area contributed by atoms with Crippen molar-refractivity contribution in [2.45, 2.75) is 39.8 Å². The van der Waals surface area contributed by atoms with Crippen molar-refractivity contribution in [1.82, 2.24) is 15.1 Å². The van der Waals surface area contributed by atoms with E-state index in [2.05, 4.69) is 30.3 Å². The molecule has 0 aliphatic heterocycles. The Hall–Kier alpha value is -1.39. The summed E-state index contributed by atoms with van der Waals surface area (Å²) in [5.41, 5.74) is 3.17. The number of benzene rings is 1. The Balaban J connectivity index is 2.27. The fourth-order valence-corrected chi connectivity index (χ4v) is 2.72. The normalized spacial score (nSPS) is 12.6. The van der Waals surface area contributed by atoms with Gasteiger partial charge in [-0.25, -0.2) is 4.39 Å². The standard InChI is InChI=1S/C16H21ClFN3/c1-4-19-16(12-6-7-15(18)14(17)9-12)10-13-8-11(3)20-21(13)5-2/h6-9,16,19H,4-5,10H2,1-3H3. The Bertz CT molecular complexity index is 610. The van der Waals surface area contributed by atoms with E-state index in [1.807, 2.05) is 11.6 Å². The minimum atomic E-state index is -0.384. The lowest BCUT2D eigenvalue weighted by molar-refractivity contribution is 0.515. The molecule has 0 aliphatic carbocycles. The van der Waals surface area contributed by atoms with E-state index in [1.54, 1.807) is 12.1 Å². The van der Waals surface area contributed by atoms with E-state index in [1.165, 1.54) is 11.8 Å². The third kappa shape index (κ3) is 3.83. The molecule has 1 N–H and O–H groups in total. The van der Waals surface area contributed by atoms with Crippen LogP contribution in [-0.4, -0.2) is 16.3 Å². The molecule has 1 atom stereocenters. The number of halogens is 2. The molecule has 0 saturated carbocycles. The SMILES string of the molecule is CCNC(Cc1cc(C)nn1CC)c1ccc(F)c(Cl)c1. The number of likely N-dealkylation sites (N-methyl/N-ethyl adjacent to an activating group) is 1. The molecule has 1 heterocycles. The third-order valence-electron chi connectivity index (χ3n) is 3.49. The summed E-state index contributed by atoms with van der Waals surface area (Å²) in [4.78, 5) is 0. The van der Waals surface area contributed by atoms with Crippen LogP contribution in [0.5, 0.6) is 0 Å². The lowest BCUT2D eigenvalue weighted by Gasteiger charge is -2.19. The summed E-state index contributed by atoms with van der Waals surface area (Å²) < 4.78 is 15.3. The first-order chi connectivity index (χ1) is 10.0. The number of nitrogens with zero attached hydrogens (tertiary/aromatic N) is 2. The quantitative estimate of drug-likeness (QED) is 0.877. The second kappa shape index (κ2) is 7.05. The second-order valence-corrected chi connectivity index (χ2v) is 5.49. The van der Waals surface area contributed by atoms with Crippen LogP contribution in [0, 0.1) is 12.7 Å². The Morgan fingerprint density at radius 2 is 2.10 bits per heavy atom. The van der Waals surface area contributed by atoms with Crippen molar-refractivity contribution in [1.29, 1.82) is 0 Å². The molecular formula is C16H21ClFN3. The zero-order chi connectivity index (χ0) is 15.4. The third-order valence-corrected chi connectivity index (χ3v) is 3.78. The van der Waals surface area contributed by atoms with Gasteiger partial charge < -0.3 is 5.32 Å². The molecule has 2 aromatic rings. The molecule has 114 valence electrons. The molecule has 0 radical (unpaired) electrons. The first kappa shape index (κ1) is 16.0. The molecular weight excluding hydrogens is 289 g/mol. The molecule has 0 spiro atoms. The molecule has 0 amide bonds. The van der Waals surface area contributed by atoms with Gasteiger partial charge in [0.05, 0.1) is 10.7 Å². The molecule has 0 bridgehead atoms. The molecule has 1 aromatic heterocycles. The van der Waals surface area contributed by atoms with Gasteiger partial charge in [-0.05, 0) is 44.2 Å². The summed E-state index contributed by atoms with van der Waals surface area (Å²) in [6.45, 7) is 7.80. The summed E-state index contributed by atoms with van der Waals surface area (Å²) in [5.74, 6) is -0.384. The highest BCUT2D eigenvalue weighted by molar-refractivity contribution is 6.30. The highest BCUT2D eigenvalue weighted by Gasteiger charge is 2.16. The van der Waals surface area contributed by atoms with Crippen LogP contribution < -0.4 is 5.32 Å². The van der Waals surface area contributed by atoms with Gasteiger partial charge in [-0.1, -0.05) is 24.6 Å². The molecule has 0 aliphatic rings. The summed E-state index contributed by atoms with van der Waals surface area (Å²) in [7, 11) is 0. The minimum Gasteiger partial charge on any atom is -0.310 e. The molecule has 5 heteroatoms. The van der Waals surface area contributed by atoms with Gasteiger partial charge in [0, 0.05) is 24.7 Å². The molecule has 1 unspecified atom stereocenters. The van der Waals surface area contributed by atoms with Crippen molar-refractivity contribution >= 4 is 11.6 Å². The van der Waals surface area contributed by atoms with Crippen molar-refractivity contribution in [3.8, 4) is 0 Å². The van der Waals surface area contributed by atoms with Crippen molar-refractivity contribution in [2.24, 2.45) is 0 Å². The van der Waals surface area contributed by atoms with Crippen LogP contribution in [-0.2, 0) is 13.0 Å². The highest BCUT2D eigenvalue weighted by atomic mass is 35.5. The highest BCUT2D eigenvalue weighted by Crippen LogP contribution is 2.24. The van der Waals surface area contributed by atoms with E-state index in [-0.39, 0.29) is 16.9 Å². The van der Waals surface area contributed by atoms with Crippen LogP contribution in [0.4, 0.5) is 4.39 Å². The van der Waals surface area contributed by atoms with Crippen molar-refractivity contribution in [3.63, 3.8) is 0 Å². The van der Waals surface area contributed by atoms with Gasteiger partial charge in [0.2, 0.25) is 0 Å². The summed E-state index contributed by atoms with van der Waals surface area (Å²) in [6, 6.07) is 7.09. The van der Waals surface area contributed by atoms with Crippen molar-refractivity contribution in [3.05, 3.63) is 52.1 Å². The predicted octanol–water partition coefficient (Wildman–Crippen LogP) is 3.90. The van der Waals surface area contributed by atoms with E-state index >= 15 is 0 Å². The number of nitrogens with one attached hydrogen (secondary N) is 1. The monoisotopic (exact) mass is 309 g/mol. The van der Waals surface area contributed by atoms with Crippen molar-refractivity contribution < 1.29 is 4.39 Å². The molecule has 21 heavy (non-hydrogen) atoms. The Kier molecular flexibility index (Phi) is 5.37. The lowest BCUT2D eigenvalue weighted by Crippen LogP contribution is -2.24. The van der Waals surface area contributed by atoms with Crippen LogP contribution in [0.1, 0.15) is 36.8 Å². The van der Waals surface area contributed by atoms with Crippen LogP contribution in [0.25, 0.3) is 0 Å². The van der Waals surface area contributed by atoms with Gasteiger partial charge in [0.25, 0.3) is 0 Å². The number of aromatic nitrogens is 2. The number of rotatable bonds is 6. The maximum Gasteiger partial charge on any atom is 0.141 e. The summed E-state index contributed by atoms with van der Waals surface area (Å²) >= 11 is 5.90. The van der Waals surface area contributed by atoms with E-state index < -0.39 is 0 Å². The molecule has 0 fully saturated rings.